The zero-order valence-electron chi connectivity index (χ0n) is 20.2. The smallest absolute Gasteiger partial charge is 0.207 e. The Bertz CT molecular complexity index is 828. The van der Waals surface area contributed by atoms with Crippen LogP contribution in [0.1, 0.15) is 70.4 Å². The quantitative estimate of drug-likeness (QED) is 0.255. The van der Waals surface area contributed by atoms with Crippen molar-refractivity contribution >= 4 is 0 Å². The molecule has 0 heterocycles. The van der Waals surface area contributed by atoms with E-state index in [1.807, 2.05) is 6.08 Å². The minimum atomic E-state index is 0.00513. The van der Waals surface area contributed by atoms with E-state index in [-0.39, 0.29) is 23.0 Å². The highest BCUT2D eigenvalue weighted by atomic mass is 16.5. The molecule has 0 saturated carbocycles. The third kappa shape index (κ3) is 8.20. The number of phenolic OH excluding ortho intramolecular Hbond substituents is 2. The molecule has 0 aliphatic heterocycles. The molecule has 4 heteroatoms. The molecular formula is C27H40O4. The first kappa shape index (κ1) is 26.4. The highest BCUT2D eigenvalue weighted by Gasteiger charge is 2.22. The van der Waals surface area contributed by atoms with Crippen LogP contribution in [0, 0.1) is 6.92 Å². The highest BCUT2D eigenvalue weighted by Crippen LogP contribution is 2.48. The van der Waals surface area contributed by atoms with Crippen molar-refractivity contribution in [2.45, 2.75) is 72.6 Å². The summed E-state index contributed by atoms with van der Waals surface area (Å²) in [6.45, 7) is 12.0. The van der Waals surface area contributed by atoms with Crippen LogP contribution in [0.5, 0.6) is 23.0 Å². The van der Waals surface area contributed by atoms with Crippen molar-refractivity contribution in [3.05, 3.63) is 58.7 Å². The molecular weight excluding hydrogens is 388 g/mol. The molecule has 0 aliphatic rings. The van der Waals surface area contributed by atoms with E-state index in [0.29, 0.717) is 17.5 Å². The average Bonchev–Trinajstić information content (AvgIpc) is 2.74. The second-order valence-electron chi connectivity index (χ2n) is 8.13. The van der Waals surface area contributed by atoms with Gasteiger partial charge in [0.05, 0.1) is 14.2 Å². The molecule has 0 atom stereocenters. The van der Waals surface area contributed by atoms with E-state index >= 15 is 0 Å². The zero-order chi connectivity index (χ0) is 23.4. The number of hydrogen-bond acceptors (Lipinski definition) is 4. The first-order chi connectivity index (χ1) is 14.8. The maximum absolute atomic E-state index is 10.6. The van der Waals surface area contributed by atoms with E-state index in [1.54, 1.807) is 6.92 Å². The summed E-state index contributed by atoms with van der Waals surface area (Å²) < 4.78 is 10.4. The topological polar surface area (TPSA) is 58.9 Å². The molecule has 0 fully saturated rings. The molecule has 31 heavy (non-hydrogen) atoms. The lowest BCUT2D eigenvalue weighted by molar-refractivity contribution is 0.314. The molecule has 172 valence electrons. The second-order valence-corrected chi connectivity index (χ2v) is 8.13. The Morgan fingerprint density at radius 2 is 1.23 bits per heavy atom. The Morgan fingerprint density at radius 1 is 0.774 bits per heavy atom. The molecule has 0 bridgehead atoms. The fraction of sp³-hybridized carbons (Fsp3) is 0.481. The van der Waals surface area contributed by atoms with Crippen LogP contribution in [0.15, 0.2) is 47.6 Å². The van der Waals surface area contributed by atoms with Gasteiger partial charge in [0.1, 0.15) is 0 Å². The summed E-state index contributed by atoms with van der Waals surface area (Å²) in [6.07, 6.45) is 15.5. The Balaban J connectivity index is 2.67. The largest absolute Gasteiger partial charge is 0.504 e. The van der Waals surface area contributed by atoms with Crippen LogP contribution in [-0.2, 0) is 6.42 Å². The normalized spacial score (nSPS) is 12.8. The van der Waals surface area contributed by atoms with Crippen LogP contribution in [-0.4, -0.2) is 24.4 Å². The number of phenols is 2. The fourth-order valence-corrected chi connectivity index (χ4v) is 3.48. The number of benzene rings is 1. The van der Waals surface area contributed by atoms with Gasteiger partial charge in [0.15, 0.2) is 11.5 Å². The predicted molar refractivity (Wildman–Crippen MR) is 130 cm³/mol. The molecule has 0 amide bonds. The van der Waals surface area contributed by atoms with Crippen molar-refractivity contribution < 1.29 is 19.7 Å². The van der Waals surface area contributed by atoms with Gasteiger partial charge >= 0.3 is 0 Å². The Kier molecular flexibility index (Phi) is 11.6. The van der Waals surface area contributed by atoms with Gasteiger partial charge < -0.3 is 19.7 Å². The maximum Gasteiger partial charge on any atom is 0.207 e. The van der Waals surface area contributed by atoms with Crippen molar-refractivity contribution in [1.82, 2.24) is 0 Å². The zero-order valence-corrected chi connectivity index (χ0v) is 20.2. The molecule has 4 nitrogen and oxygen atoms in total. The van der Waals surface area contributed by atoms with Crippen molar-refractivity contribution in [1.29, 1.82) is 0 Å². The summed E-state index contributed by atoms with van der Waals surface area (Å²) in [7, 11) is 2.89. The molecule has 0 unspecified atom stereocenters. The summed E-state index contributed by atoms with van der Waals surface area (Å²) in [6, 6.07) is 0. The van der Waals surface area contributed by atoms with E-state index < -0.39 is 0 Å². The first-order valence-corrected chi connectivity index (χ1v) is 11.0. The van der Waals surface area contributed by atoms with Crippen LogP contribution in [0.4, 0.5) is 0 Å². The molecule has 1 rings (SSSR count). The predicted octanol–water partition coefficient (Wildman–Crippen LogP) is 7.33. The molecule has 1 aromatic rings. The third-order valence-electron chi connectivity index (χ3n) is 5.60. The van der Waals surface area contributed by atoms with Gasteiger partial charge in [-0.05, 0) is 72.6 Å². The van der Waals surface area contributed by atoms with Crippen molar-refractivity contribution in [3.8, 4) is 23.0 Å². The average molecular weight is 429 g/mol. The Morgan fingerprint density at radius 3 is 1.71 bits per heavy atom. The third-order valence-corrected chi connectivity index (χ3v) is 5.60. The van der Waals surface area contributed by atoms with Gasteiger partial charge in [0.25, 0.3) is 0 Å². The molecule has 0 radical (unpaired) electrons. The molecule has 0 saturated heterocycles. The molecule has 0 aliphatic carbocycles. The van der Waals surface area contributed by atoms with E-state index in [4.69, 9.17) is 9.47 Å². The van der Waals surface area contributed by atoms with Crippen LogP contribution in [0.2, 0.25) is 0 Å². The summed E-state index contributed by atoms with van der Waals surface area (Å²) in [5.74, 6) is 0.351. The summed E-state index contributed by atoms with van der Waals surface area (Å²) in [5.41, 5.74) is 5.36. The highest BCUT2D eigenvalue weighted by molar-refractivity contribution is 5.66. The van der Waals surface area contributed by atoms with Crippen molar-refractivity contribution in [2.24, 2.45) is 0 Å². The number of rotatable bonds is 13. The summed E-state index contributed by atoms with van der Waals surface area (Å²) in [4.78, 5) is 0. The molecule has 2 N–H and O–H groups in total. The number of hydrogen-bond donors (Lipinski definition) is 2. The fourth-order valence-electron chi connectivity index (χ4n) is 3.48. The number of aromatic hydroxyl groups is 2. The van der Waals surface area contributed by atoms with Gasteiger partial charge in [0, 0.05) is 11.1 Å². The summed E-state index contributed by atoms with van der Waals surface area (Å²) in [5, 5.41) is 20.9. The van der Waals surface area contributed by atoms with E-state index in [2.05, 4.69) is 45.6 Å². The lowest BCUT2D eigenvalue weighted by Gasteiger charge is -2.17. The maximum atomic E-state index is 10.6. The van der Waals surface area contributed by atoms with Gasteiger partial charge in [-0.1, -0.05) is 41.0 Å². The number of methoxy groups -OCH3 is 2. The van der Waals surface area contributed by atoms with Crippen molar-refractivity contribution in [3.63, 3.8) is 0 Å². The van der Waals surface area contributed by atoms with Gasteiger partial charge in [-0.2, -0.15) is 0 Å². The monoisotopic (exact) mass is 428 g/mol. The minimum absolute atomic E-state index is 0.00513. The van der Waals surface area contributed by atoms with Gasteiger partial charge in [-0.25, -0.2) is 0 Å². The number of ether oxygens (including phenoxy) is 2. The van der Waals surface area contributed by atoms with Crippen LogP contribution >= 0.6 is 0 Å². The lowest BCUT2D eigenvalue weighted by atomic mass is 9.99. The SMILES string of the molecule is C=CCC/C(C)=C/CC/C(C)=C/CC/C(C)=C/Cc1c(C)c(O)c(OC)c(OC)c1O. The van der Waals surface area contributed by atoms with Crippen LogP contribution in [0.3, 0.4) is 0 Å². The Hall–Kier alpha value is -2.62. The Labute approximate surface area is 188 Å². The number of allylic oxidation sites excluding steroid dienone is 7. The summed E-state index contributed by atoms with van der Waals surface area (Å²) >= 11 is 0. The van der Waals surface area contributed by atoms with E-state index in [1.165, 1.54) is 30.9 Å². The lowest BCUT2D eigenvalue weighted by Crippen LogP contribution is -1.98. The van der Waals surface area contributed by atoms with Crippen molar-refractivity contribution in [2.75, 3.05) is 14.2 Å². The van der Waals surface area contributed by atoms with Gasteiger partial charge in [0.2, 0.25) is 11.5 Å². The van der Waals surface area contributed by atoms with Gasteiger partial charge in [-0.3, -0.25) is 0 Å². The molecule has 0 spiro atoms. The van der Waals surface area contributed by atoms with Crippen LogP contribution in [0.25, 0.3) is 0 Å². The second kappa shape index (κ2) is 13.6. The first-order valence-electron chi connectivity index (χ1n) is 11.0. The van der Waals surface area contributed by atoms with Gasteiger partial charge in [-0.15, -0.1) is 6.58 Å². The van der Waals surface area contributed by atoms with Crippen LogP contribution < -0.4 is 9.47 Å². The standard InChI is InChI=1S/C27H40O4/c1-8-9-12-19(2)13-10-14-20(3)15-11-16-21(4)17-18-23-22(5)24(28)26(30-6)27(31-7)25(23)29/h8,13,15,17,28-29H,1,9-12,14,16,18H2,2-7H3/b19-13+,20-15+,21-17+. The van der Waals surface area contributed by atoms with E-state index in [0.717, 1.165) is 38.5 Å². The molecule has 1 aromatic carbocycles. The minimum Gasteiger partial charge on any atom is -0.504 e. The molecule has 0 aromatic heterocycles. The van der Waals surface area contributed by atoms with E-state index in [9.17, 15) is 10.2 Å².